The average molecular weight is 464 g/mol. The Morgan fingerprint density at radius 1 is 1.11 bits per heavy atom. The number of benzene rings is 2. The molecule has 0 aliphatic heterocycles. The molecule has 1 aromatic heterocycles. The van der Waals surface area contributed by atoms with Gasteiger partial charge in [0.2, 0.25) is 0 Å². The van der Waals surface area contributed by atoms with E-state index in [0.717, 1.165) is 16.8 Å². The third-order valence-electron chi connectivity index (χ3n) is 3.66. The molecule has 0 unspecified atom stereocenters. The zero-order chi connectivity index (χ0) is 20.6. The Hall–Kier alpha value is -2.20. The van der Waals surface area contributed by atoms with E-state index >= 15 is 0 Å². The molecule has 7 nitrogen and oxygen atoms in total. The van der Waals surface area contributed by atoms with Gasteiger partial charge in [-0.1, -0.05) is 40.0 Å². The molecule has 12 heteroatoms. The van der Waals surface area contributed by atoms with Crippen LogP contribution in [0.5, 0.6) is 0 Å². The van der Waals surface area contributed by atoms with Gasteiger partial charge in [0.25, 0.3) is 15.9 Å². The lowest BCUT2D eigenvalue weighted by atomic mass is 10.2. The Morgan fingerprint density at radius 2 is 1.75 bits per heavy atom. The van der Waals surface area contributed by atoms with Crippen LogP contribution in [0.3, 0.4) is 0 Å². The number of hydrogen-bond acceptors (Lipinski definition) is 5. The zero-order valence-electron chi connectivity index (χ0n) is 14.0. The number of hydrogen-bond donors (Lipinski definition) is 1. The van der Waals surface area contributed by atoms with E-state index in [1.165, 1.54) is 31.2 Å². The van der Waals surface area contributed by atoms with Gasteiger partial charge < -0.3 is 0 Å². The fourth-order valence-electron chi connectivity index (χ4n) is 2.33. The maximum atomic E-state index is 14.1. The number of rotatable bonds is 4. The molecule has 0 atom stereocenters. The molecule has 1 N–H and O–H groups in total. The molecular weight excluding hydrogens is 454 g/mol. The van der Waals surface area contributed by atoms with E-state index in [1.807, 2.05) is 4.72 Å². The van der Waals surface area contributed by atoms with Gasteiger partial charge in [0.05, 0.1) is 10.7 Å². The minimum atomic E-state index is -4.33. The molecule has 0 bridgehead atoms. The number of nitrogens with one attached hydrogen (secondary N) is 1. The summed E-state index contributed by atoms with van der Waals surface area (Å²) >= 11 is 17.4. The van der Waals surface area contributed by atoms with Gasteiger partial charge >= 0.3 is 0 Å². The van der Waals surface area contributed by atoms with E-state index in [-0.39, 0.29) is 37.0 Å². The predicted octanol–water partition coefficient (Wildman–Crippen LogP) is 3.79. The summed E-state index contributed by atoms with van der Waals surface area (Å²) in [6, 6.07) is 7.65. The van der Waals surface area contributed by atoms with Gasteiger partial charge in [-0.15, -0.1) is 5.10 Å². The Morgan fingerprint density at radius 3 is 2.43 bits per heavy atom. The molecule has 0 spiro atoms. The smallest absolute Gasteiger partial charge is 0.266 e. The van der Waals surface area contributed by atoms with Gasteiger partial charge in [-0.05, 0) is 43.3 Å². The van der Waals surface area contributed by atoms with Crippen LogP contribution in [0.15, 0.2) is 41.3 Å². The number of carbonyl (C=O) groups excluding carboxylic acids is 1. The zero-order valence-corrected chi connectivity index (χ0v) is 17.0. The standard InChI is InChI=1S/C16H10Cl3FN4O3S/c1-8-15(21-23-24(8)13-5-3-9(17)6-12(13)20)16(25)22-28(26,27)14-7-10(18)2-4-11(14)19/h2-7H,1H3,(H,22,25). The Kier molecular flexibility index (Phi) is 5.62. The molecule has 0 saturated carbocycles. The van der Waals surface area contributed by atoms with E-state index in [9.17, 15) is 17.6 Å². The highest BCUT2D eigenvalue weighted by Gasteiger charge is 2.26. The fraction of sp³-hybridized carbons (Fsp3) is 0.0625. The maximum Gasteiger partial charge on any atom is 0.287 e. The van der Waals surface area contributed by atoms with Crippen molar-refractivity contribution < 1.29 is 17.6 Å². The number of carbonyl (C=O) groups is 1. The van der Waals surface area contributed by atoms with E-state index in [0.29, 0.717) is 0 Å². The van der Waals surface area contributed by atoms with Gasteiger partial charge in [0.1, 0.15) is 16.4 Å². The molecule has 2 aromatic carbocycles. The van der Waals surface area contributed by atoms with Crippen molar-refractivity contribution in [3.8, 4) is 5.69 Å². The van der Waals surface area contributed by atoms with Gasteiger partial charge in [-0.3, -0.25) is 4.79 Å². The second-order valence-electron chi connectivity index (χ2n) is 5.54. The Labute approximate surface area is 174 Å². The third-order valence-corrected chi connectivity index (χ3v) is 5.94. The average Bonchev–Trinajstić information content (AvgIpc) is 2.98. The third kappa shape index (κ3) is 3.97. The molecule has 28 heavy (non-hydrogen) atoms. The van der Waals surface area contributed by atoms with Crippen molar-refractivity contribution in [1.82, 2.24) is 19.7 Å². The maximum absolute atomic E-state index is 14.1. The molecule has 0 saturated heterocycles. The molecule has 0 fully saturated rings. The minimum absolute atomic E-state index is 0.00538. The minimum Gasteiger partial charge on any atom is -0.266 e. The van der Waals surface area contributed by atoms with Crippen molar-refractivity contribution >= 4 is 50.7 Å². The first-order valence-corrected chi connectivity index (χ1v) is 10.1. The summed E-state index contributed by atoms with van der Waals surface area (Å²) in [4.78, 5) is 12.1. The first kappa shape index (κ1) is 20.5. The summed E-state index contributed by atoms with van der Waals surface area (Å²) in [5.74, 6) is -1.75. The number of sulfonamides is 1. The van der Waals surface area contributed by atoms with Crippen molar-refractivity contribution in [1.29, 1.82) is 0 Å². The fourth-order valence-corrected chi connectivity index (χ4v) is 4.20. The van der Waals surface area contributed by atoms with Gasteiger partial charge in [0.15, 0.2) is 5.69 Å². The van der Waals surface area contributed by atoms with Crippen LogP contribution in [0, 0.1) is 12.7 Å². The topological polar surface area (TPSA) is 93.9 Å². The van der Waals surface area contributed by atoms with Crippen LogP contribution >= 0.6 is 34.8 Å². The van der Waals surface area contributed by atoms with Crippen LogP contribution in [0.2, 0.25) is 15.1 Å². The molecule has 0 aliphatic carbocycles. The molecule has 146 valence electrons. The highest BCUT2D eigenvalue weighted by Crippen LogP contribution is 2.25. The molecular formula is C16H10Cl3FN4O3S. The number of amides is 1. The van der Waals surface area contributed by atoms with Gasteiger partial charge in [-0.2, -0.15) is 0 Å². The molecule has 0 radical (unpaired) electrons. The van der Waals surface area contributed by atoms with Crippen molar-refractivity contribution in [2.75, 3.05) is 0 Å². The van der Waals surface area contributed by atoms with Crippen molar-refractivity contribution in [3.05, 3.63) is 68.7 Å². The van der Waals surface area contributed by atoms with E-state index < -0.39 is 21.7 Å². The number of aromatic nitrogens is 3. The van der Waals surface area contributed by atoms with Gasteiger partial charge in [-0.25, -0.2) is 22.2 Å². The van der Waals surface area contributed by atoms with Crippen LogP contribution in [0.4, 0.5) is 4.39 Å². The second kappa shape index (κ2) is 7.67. The normalized spacial score (nSPS) is 11.5. The summed E-state index contributed by atoms with van der Waals surface area (Å²) < 4.78 is 41.9. The largest absolute Gasteiger partial charge is 0.287 e. The molecule has 3 aromatic rings. The molecule has 3 rings (SSSR count). The first-order chi connectivity index (χ1) is 13.1. The SMILES string of the molecule is Cc1c(C(=O)NS(=O)(=O)c2cc(Cl)ccc2Cl)nnn1-c1ccc(Cl)cc1F. The second-order valence-corrected chi connectivity index (χ2v) is 8.47. The van der Waals surface area contributed by atoms with E-state index in [4.69, 9.17) is 34.8 Å². The molecule has 1 heterocycles. The molecule has 1 amide bonds. The Balaban J connectivity index is 1.94. The lowest BCUT2D eigenvalue weighted by molar-refractivity contribution is 0.0976. The lowest BCUT2D eigenvalue weighted by Crippen LogP contribution is -2.31. The first-order valence-electron chi connectivity index (χ1n) is 7.50. The Bertz CT molecular complexity index is 1200. The lowest BCUT2D eigenvalue weighted by Gasteiger charge is -2.08. The van der Waals surface area contributed by atoms with Crippen LogP contribution in [-0.4, -0.2) is 29.3 Å². The quantitative estimate of drug-likeness (QED) is 0.635. The number of nitrogens with zero attached hydrogens (tertiary/aromatic N) is 3. The van der Waals surface area contributed by atoms with Crippen molar-refractivity contribution in [2.24, 2.45) is 0 Å². The summed E-state index contributed by atoms with van der Waals surface area (Å²) in [5.41, 5.74) is -0.198. The van der Waals surface area contributed by atoms with E-state index in [2.05, 4.69) is 10.3 Å². The van der Waals surface area contributed by atoms with Crippen LogP contribution in [0.1, 0.15) is 16.2 Å². The molecule has 0 aliphatic rings. The van der Waals surface area contributed by atoms with E-state index in [1.54, 1.807) is 0 Å². The van der Waals surface area contributed by atoms with Crippen LogP contribution in [0.25, 0.3) is 5.69 Å². The highest BCUT2D eigenvalue weighted by molar-refractivity contribution is 7.90. The predicted molar refractivity (Wildman–Crippen MR) is 102 cm³/mol. The summed E-state index contributed by atoms with van der Waals surface area (Å²) in [6.07, 6.45) is 0. The van der Waals surface area contributed by atoms with Crippen LogP contribution < -0.4 is 4.72 Å². The van der Waals surface area contributed by atoms with Crippen molar-refractivity contribution in [3.63, 3.8) is 0 Å². The van der Waals surface area contributed by atoms with Crippen molar-refractivity contribution in [2.45, 2.75) is 11.8 Å². The summed E-state index contributed by atoms with van der Waals surface area (Å²) in [6.45, 7) is 1.43. The van der Waals surface area contributed by atoms with Crippen LogP contribution in [-0.2, 0) is 10.0 Å². The van der Waals surface area contributed by atoms with Gasteiger partial charge in [0, 0.05) is 10.0 Å². The summed E-state index contributed by atoms with van der Waals surface area (Å²) in [5, 5.41) is 7.55. The monoisotopic (exact) mass is 462 g/mol. The highest BCUT2D eigenvalue weighted by atomic mass is 35.5. The number of halogens is 4. The summed E-state index contributed by atoms with van der Waals surface area (Å²) in [7, 11) is -4.33.